The van der Waals surface area contributed by atoms with E-state index in [1.165, 1.54) is 0 Å². The molecule has 0 spiro atoms. The summed E-state index contributed by atoms with van der Waals surface area (Å²) in [5.41, 5.74) is 7.76. The van der Waals surface area contributed by atoms with Crippen molar-refractivity contribution in [2.24, 2.45) is 5.73 Å². The summed E-state index contributed by atoms with van der Waals surface area (Å²) in [6.07, 6.45) is 6.16. The fraction of sp³-hybridized carbons (Fsp3) is 0.400. The van der Waals surface area contributed by atoms with Crippen LogP contribution in [0.4, 0.5) is 0 Å². The standard InChI is InChI=1S/C15H17Cl2N3/c16-12-3-1-2-11(14(12)17)13-8-19-15(20-13)9-4-6-10(18)7-5-9/h1-3,8-10H,4-7,18H2,(H,19,20). The van der Waals surface area contributed by atoms with Crippen molar-refractivity contribution < 1.29 is 0 Å². The van der Waals surface area contributed by atoms with Crippen molar-refractivity contribution in [1.29, 1.82) is 0 Å². The largest absolute Gasteiger partial charge is 0.342 e. The highest BCUT2D eigenvalue weighted by molar-refractivity contribution is 6.43. The van der Waals surface area contributed by atoms with E-state index in [0.717, 1.165) is 42.8 Å². The summed E-state index contributed by atoms with van der Waals surface area (Å²) in [6.45, 7) is 0. The maximum Gasteiger partial charge on any atom is 0.109 e. The molecular formula is C15H17Cl2N3. The van der Waals surface area contributed by atoms with Gasteiger partial charge in [-0.25, -0.2) is 4.98 Å². The first kappa shape index (κ1) is 13.9. The van der Waals surface area contributed by atoms with Crippen LogP contribution in [-0.2, 0) is 0 Å². The second-order valence-electron chi connectivity index (χ2n) is 5.40. The van der Waals surface area contributed by atoms with Gasteiger partial charge in [0.2, 0.25) is 0 Å². The Labute approximate surface area is 128 Å². The summed E-state index contributed by atoms with van der Waals surface area (Å²) < 4.78 is 0. The van der Waals surface area contributed by atoms with Crippen LogP contribution in [0.25, 0.3) is 11.3 Å². The van der Waals surface area contributed by atoms with Gasteiger partial charge in [0, 0.05) is 17.5 Å². The van der Waals surface area contributed by atoms with Crippen molar-refractivity contribution in [2.75, 3.05) is 0 Å². The summed E-state index contributed by atoms with van der Waals surface area (Å²) >= 11 is 12.3. The lowest BCUT2D eigenvalue weighted by Crippen LogP contribution is -2.26. The number of benzene rings is 1. The van der Waals surface area contributed by atoms with Crippen LogP contribution >= 0.6 is 23.2 Å². The van der Waals surface area contributed by atoms with Crippen LogP contribution in [0, 0.1) is 0 Å². The third-order valence-electron chi connectivity index (χ3n) is 4.00. The molecule has 1 aromatic heterocycles. The van der Waals surface area contributed by atoms with Crippen LogP contribution in [0.1, 0.15) is 37.4 Å². The van der Waals surface area contributed by atoms with Gasteiger partial charge in [-0.3, -0.25) is 0 Å². The predicted molar refractivity (Wildman–Crippen MR) is 83.2 cm³/mol. The Morgan fingerprint density at radius 2 is 1.90 bits per heavy atom. The summed E-state index contributed by atoms with van der Waals surface area (Å²) in [5, 5.41) is 1.12. The molecule has 3 rings (SSSR count). The van der Waals surface area contributed by atoms with Crippen LogP contribution in [0.5, 0.6) is 0 Å². The van der Waals surface area contributed by atoms with Gasteiger partial charge in [0.1, 0.15) is 5.82 Å². The van der Waals surface area contributed by atoms with Gasteiger partial charge in [0.25, 0.3) is 0 Å². The molecule has 20 heavy (non-hydrogen) atoms. The first-order chi connectivity index (χ1) is 9.65. The van der Waals surface area contributed by atoms with Crippen molar-refractivity contribution in [3.05, 3.63) is 40.3 Å². The number of halogens is 2. The smallest absolute Gasteiger partial charge is 0.109 e. The molecule has 1 fully saturated rings. The quantitative estimate of drug-likeness (QED) is 0.865. The molecule has 0 radical (unpaired) electrons. The minimum atomic E-state index is 0.350. The zero-order chi connectivity index (χ0) is 14.1. The number of imidazole rings is 1. The molecule has 1 aliphatic carbocycles. The highest BCUT2D eigenvalue weighted by Crippen LogP contribution is 2.35. The molecule has 3 nitrogen and oxygen atoms in total. The molecule has 0 aliphatic heterocycles. The highest BCUT2D eigenvalue weighted by Gasteiger charge is 2.22. The molecular weight excluding hydrogens is 293 g/mol. The highest BCUT2D eigenvalue weighted by atomic mass is 35.5. The number of hydrogen-bond donors (Lipinski definition) is 2. The zero-order valence-corrected chi connectivity index (χ0v) is 12.6. The SMILES string of the molecule is NC1CCC(c2ncc(-c3cccc(Cl)c3Cl)[nH]2)CC1. The Bertz CT molecular complexity index is 601. The minimum Gasteiger partial charge on any atom is -0.342 e. The van der Waals surface area contributed by atoms with Crippen LogP contribution in [0.15, 0.2) is 24.4 Å². The van der Waals surface area contributed by atoms with Crippen molar-refractivity contribution in [3.8, 4) is 11.3 Å². The van der Waals surface area contributed by atoms with E-state index < -0.39 is 0 Å². The number of rotatable bonds is 2. The number of nitrogens with two attached hydrogens (primary N) is 1. The van der Waals surface area contributed by atoms with Gasteiger partial charge in [-0.15, -0.1) is 0 Å². The maximum atomic E-state index is 6.25. The number of aromatic nitrogens is 2. The number of nitrogens with zero attached hydrogens (tertiary/aromatic N) is 1. The fourth-order valence-corrected chi connectivity index (χ4v) is 3.19. The Hall–Kier alpha value is -1.03. The number of hydrogen-bond acceptors (Lipinski definition) is 2. The van der Waals surface area contributed by atoms with Crippen LogP contribution < -0.4 is 5.73 Å². The molecule has 0 amide bonds. The Kier molecular flexibility index (Phi) is 4.01. The number of H-pyrrole nitrogens is 1. The van der Waals surface area contributed by atoms with Gasteiger partial charge in [-0.05, 0) is 31.7 Å². The molecule has 3 N–H and O–H groups in total. The van der Waals surface area contributed by atoms with E-state index in [1.807, 2.05) is 18.3 Å². The lowest BCUT2D eigenvalue weighted by Gasteiger charge is -2.24. The van der Waals surface area contributed by atoms with Gasteiger partial charge >= 0.3 is 0 Å². The average Bonchev–Trinajstić information content (AvgIpc) is 2.92. The second kappa shape index (κ2) is 5.76. The molecule has 1 saturated carbocycles. The first-order valence-corrected chi connectivity index (χ1v) is 7.65. The van der Waals surface area contributed by atoms with Crippen molar-refractivity contribution in [2.45, 2.75) is 37.6 Å². The molecule has 0 bridgehead atoms. The average molecular weight is 310 g/mol. The summed E-state index contributed by atoms with van der Waals surface area (Å²) in [5.74, 6) is 1.50. The summed E-state index contributed by atoms with van der Waals surface area (Å²) in [4.78, 5) is 7.90. The van der Waals surface area contributed by atoms with Gasteiger partial charge in [0.15, 0.2) is 0 Å². The summed E-state index contributed by atoms with van der Waals surface area (Å²) in [6, 6.07) is 5.97. The van der Waals surface area contributed by atoms with Gasteiger partial charge in [0.05, 0.1) is 21.9 Å². The minimum absolute atomic E-state index is 0.350. The molecule has 1 heterocycles. The normalized spacial score (nSPS) is 22.9. The van der Waals surface area contributed by atoms with E-state index in [1.54, 1.807) is 6.07 Å². The first-order valence-electron chi connectivity index (χ1n) is 6.90. The monoisotopic (exact) mass is 309 g/mol. The Morgan fingerprint density at radius 1 is 1.15 bits per heavy atom. The third-order valence-corrected chi connectivity index (χ3v) is 4.81. The van der Waals surface area contributed by atoms with E-state index in [0.29, 0.717) is 22.0 Å². The molecule has 0 unspecified atom stereocenters. The van der Waals surface area contributed by atoms with Gasteiger partial charge in [-0.1, -0.05) is 35.3 Å². The second-order valence-corrected chi connectivity index (χ2v) is 6.18. The lowest BCUT2D eigenvalue weighted by atomic mass is 9.86. The molecule has 5 heteroatoms. The van der Waals surface area contributed by atoms with Crippen molar-refractivity contribution in [3.63, 3.8) is 0 Å². The predicted octanol–water partition coefficient (Wildman–Crippen LogP) is 4.37. The van der Waals surface area contributed by atoms with Crippen molar-refractivity contribution >= 4 is 23.2 Å². The molecule has 0 atom stereocenters. The van der Waals surface area contributed by atoms with Gasteiger partial charge < -0.3 is 10.7 Å². The number of nitrogens with one attached hydrogen (secondary N) is 1. The Morgan fingerprint density at radius 3 is 2.65 bits per heavy atom. The van der Waals surface area contributed by atoms with E-state index in [4.69, 9.17) is 28.9 Å². The van der Waals surface area contributed by atoms with E-state index in [2.05, 4.69) is 9.97 Å². The van der Waals surface area contributed by atoms with E-state index >= 15 is 0 Å². The zero-order valence-electron chi connectivity index (χ0n) is 11.1. The molecule has 106 valence electrons. The van der Waals surface area contributed by atoms with E-state index in [9.17, 15) is 0 Å². The lowest BCUT2D eigenvalue weighted by molar-refractivity contribution is 0.386. The van der Waals surface area contributed by atoms with E-state index in [-0.39, 0.29) is 0 Å². The summed E-state index contributed by atoms with van der Waals surface area (Å²) in [7, 11) is 0. The van der Waals surface area contributed by atoms with Crippen LogP contribution in [0.2, 0.25) is 10.0 Å². The van der Waals surface area contributed by atoms with Crippen molar-refractivity contribution in [1.82, 2.24) is 9.97 Å². The molecule has 0 saturated heterocycles. The maximum absolute atomic E-state index is 6.25. The topological polar surface area (TPSA) is 54.7 Å². The molecule has 1 aliphatic rings. The fourth-order valence-electron chi connectivity index (χ4n) is 2.79. The van der Waals surface area contributed by atoms with Gasteiger partial charge in [-0.2, -0.15) is 0 Å². The molecule has 2 aromatic rings. The van der Waals surface area contributed by atoms with Crippen LogP contribution in [-0.4, -0.2) is 16.0 Å². The third kappa shape index (κ3) is 2.71. The van der Waals surface area contributed by atoms with Crippen LogP contribution in [0.3, 0.4) is 0 Å². The molecule has 1 aromatic carbocycles. The number of aromatic amines is 1. The Balaban J connectivity index is 1.85.